The maximum Gasteiger partial charge on any atom is 0.305 e. The van der Waals surface area contributed by atoms with Crippen LogP contribution in [0.2, 0.25) is 0 Å². The highest BCUT2D eigenvalue weighted by atomic mass is 19.1. The molecule has 1 aromatic carbocycles. The highest BCUT2D eigenvalue weighted by Gasteiger charge is 2.44. The van der Waals surface area contributed by atoms with Crippen molar-refractivity contribution in [3.63, 3.8) is 0 Å². The van der Waals surface area contributed by atoms with E-state index in [-0.39, 0.29) is 24.4 Å². The predicted molar refractivity (Wildman–Crippen MR) is 71.8 cm³/mol. The minimum absolute atomic E-state index is 0.00126. The monoisotopic (exact) mass is 297 g/mol. The molecule has 1 aromatic rings. The number of rotatable bonds is 5. The first-order chi connectivity index (χ1) is 9.95. The molecule has 2 N–H and O–H groups in total. The number of aliphatic carboxylic acids is 1. The number of benzene rings is 1. The lowest BCUT2D eigenvalue weighted by molar-refractivity contribution is -0.137. The predicted octanol–water partition coefficient (Wildman–Crippen LogP) is 2.37. The summed E-state index contributed by atoms with van der Waals surface area (Å²) in [5.41, 5.74) is -0.828. The van der Waals surface area contributed by atoms with E-state index in [0.29, 0.717) is 12.8 Å². The molecule has 0 unspecified atom stereocenters. The Kier molecular flexibility index (Phi) is 4.55. The molecule has 6 heteroatoms. The van der Waals surface area contributed by atoms with Gasteiger partial charge in [-0.25, -0.2) is 8.78 Å². The molecule has 0 radical (unpaired) electrons. The van der Waals surface area contributed by atoms with E-state index in [0.717, 1.165) is 25.0 Å². The van der Waals surface area contributed by atoms with Gasteiger partial charge in [-0.2, -0.15) is 0 Å². The summed E-state index contributed by atoms with van der Waals surface area (Å²) in [6, 6.07) is 3.23. The Morgan fingerprint density at radius 1 is 1.24 bits per heavy atom. The summed E-state index contributed by atoms with van der Waals surface area (Å²) in [6.45, 7) is -0.00126. The number of hydrogen-bond donors (Lipinski definition) is 2. The van der Waals surface area contributed by atoms with Gasteiger partial charge >= 0.3 is 5.97 Å². The van der Waals surface area contributed by atoms with Crippen LogP contribution in [0.4, 0.5) is 8.78 Å². The lowest BCUT2D eigenvalue weighted by Crippen LogP contribution is -2.43. The summed E-state index contributed by atoms with van der Waals surface area (Å²) in [5, 5.41) is 11.2. The summed E-state index contributed by atoms with van der Waals surface area (Å²) in [6.07, 6.45) is 2.34. The molecule has 0 bridgehead atoms. The van der Waals surface area contributed by atoms with Gasteiger partial charge in [0.25, 0.3) is 0 Å². The van der Waals surface area contributed by atoms with E-state index < -0.39 is 23.0 Å². The SMILES string of the molecule is O=C(O)CCNC(=O)C1(c2ccc(F)cc2F)CCCC1. The number of carboxylic acids is 1. The Hall–Kier alpha value is -1.98. The van der Waals surface area contributed by atoms with Crippen molar-refractivity contribution in [2.75, 3.05) is 6.54 Å². The first-order valence-corrected chi connectivity index (χ1v) is 6.91. The lowest BCUT2D eigenvalue weighted by Gasteiger charge is -2.28. The van der Waals surface area contributed by atoms with Gasteiger partial charge in [0.2, 0.25) is 5.91 Å². The van der Waals surface area contributed by atoms with Gasteiger partial charge in [-0.3, -0.25) is 9.59 Å². The molecule has 1 fully saturated rings. The maximum absolute atomic E-state index is 14.0. The number of nitrogens with one attached hydrogen (secondary N) is 1. The molecule has 0 heterocycles. The summed E-state index contributed by atoms with van der Waals surface area (Å²) in [7, 11) is 0. The van der Waals surface area contributed by atoms with Crippen LogP contribution >= 0.6 is 0 Å². The zero-order valence-electron chi connectivity index (χ0n) is 11.5. The quantitative estimate of drug-likeness (QED) is 0.877. The molecule has 21 heavy (non-hydrogen) atoms. The van der Waals surface area contributed by atoms with Crippen molar-refractivity contribution < 1.29 is 23.5 Å². The van der Waals surface area contributed by atoms with Crippen molar-refractivity contribution in [1.82, 2.24) is 5.32 Å². The molecular weight excluding hydrogens is 280 g/mol. The van der Waals surface area contributed by atoms with Crippen molar-refractivity contribution in [2.45, 2.75) is 37.5 Å². The minimum Gasteiger partial charge on any atom is -0.481 e. The van der Waals surface area contributed by atoms with Crippen molar-refractivity contribution >= 4 is 11.9 Å². The molecule has 114 valence electrons. The second-order valence-electron chi connectivity index (χ2n) is 5.31. The number of amides is 1. The molecule has 4 nitrogen and oxygen atoms in total. The molecular formula is C15H17F2NO3. The standard InChI is InChI=1S/C15H17F2NO3/c16-10-3-4-11(12(17)9-10)15(6-1-2-7-15)14(21)18-8-5-13(19)20/h3-4,9H,1-2,5-8H2,(H,18,21)(H,19,20). The topological polar surface area (TPSA) is 66.4 Å². The van der Waals surface area contributed by atoms with Crippen LogP contribution in [0.25, 0.3) is 0 Å². The van der Waals surface area contributed by atoms with Crippen molar-refractivity contribution in [3.8, 4) is 0 Å². The van der Waals surface area contributed by atoms with Crippen molar-refractivity contribution in [2.24, 2.45) is 0 Å². The fraction of sp³-hybridized carbons (Fsp3) is 0.467. The summed E-state index contributed by atoms with van der Waals surface area (Å²) < 4.78 is 27.1. The van der Waals surface area contributed by atoms with E-state index in [1.165, 1.54) is 6.07 Å². The Balaban J connectivity index is 2.23. The molecule has 0 atom stereocenters. The fourth-order valence-electron chi connectivity index (χ4n) is 2.93. The molecule has 2 rings (SSSR count). The number of carbonyl (C=O) groups is 2. The smallest absolute Gasteiger partial charge is 0.305 e. The molecule has 0 aromatic heterocycles. The minimum atomic E-state index is -1.02. The largest absolute Gasteiger partial charge is 0.481 e. The zero-order chi connectivity index (χ0) is 15.5. The van der Waals surface area contributed by atoms with Crippen molar-refractivity contribution in [1.29, 1.82) is 0 Å². The van der Waals surface area contributed by atoms with Gasteiger partial charge < -0.3 is 10.4 Å². The molecule has 0 saturated heterocycles. The lowest BCUT2D eigenvalue weighted by atomic mass is 9.77. The van der Waals surface area contributed by atoms with E-state index in [9.17, 15) is 18.4 Å². The van der Waals surface area contributed by atoms with E-state index in [4.69, 9.17) is 5.11 Å². The van der Waals surface area contributed by atoms with Crippen LogP contribution in [0.15, 0.2) is 18.2 Å². The highest BCUT2D eigenvalue weighted by Crippen LogP contribution is 2.42. The van der Waals surface area contributed by atoms with Crippen LogP contribution in [0.1, 0.15) is 37.7 Å². The third-order valence-electron chi connectivity index (χ3n) is 3.96. The zero-order valence-corrected chi connectivity index (χ0v) is 11.5. The normalized spacial score (nSPS) is 16.7. The van der Waals surface area contributed by atoms with Crippen LogP contribution < -0.4 is 5.32 Å². The van der Waals surface area contributed by atoms with Crippen LogP contribution in [0.5, 0.6) is 0 Å². The summed E-state index contributed by atoms with van der Waals surface area (Å²) in [5.74, 6) is -2.81. The third-order valence-corrected chi connectivity index (χ3v) is 3.96. The summed E-state index contributed by atoms with van der Waals surface area (Å²) >= 11 is 0. The highest BCUT2D eigenvalue weighted by molar-refractivity contribution is 5.89. The second-order valence-corrected chi connectivity index (χ2v) is 5.31. The molecule has 1 aliphatic carbocycles. The van der Waals surface area contributed by atoms with Gasteiger partial charge in [-0.15, -0.1) is 0 Å². The molecule has 0 aliphatic heterocycles. The second kappa shape index (κ2) is 6.20. The first-order valence-electron chi connectivity index (χ1n) is 6.91. The van der Waals surface area contributed by atoms with Gasteiger partial charge in [0.15, 0.2) is 0 Å². The average Bonchev–Trinajstić information content (AvgIpc) is 2.88. The van der Waals surface area contributed by atoms with Gasteiger partial charge in [-0.05, 0) is 18.9 Å². The first kappa shape index (κ1) is 15.4. The van der Waals surface area contributed by atoms with E-state index in [2.05, 4.69) is 5.32 Å². The van der Waals surface area contributed by atoms with Gasteiger partial charge in [0.1, 0.15) is 11.6 Å². The molecule has 1 aliphatic rings. The van der Waals surface area contributed by atoms with Gasteiger partial charge in [0, 0.05) is 18.2 Å². The number of carboxylic acid groups (broad SMARTS) is 1. The number of hydrogen-bond acceptors (Lipinski definition) is 2. The fourth-order valence-corrected chi connectivity index (χ4v) is 2.93. The Labute approximate surface area is 121 Å². The van der Waals surface area contributed by atoms with Gasteiger partial charge in [0.05, 0.1) is 11.8 Å². The number of carbonyl (C=O) groups excluding carboxylic acids is 1. The van der Waals surface area contributed by atoms with Gasteiger partial charge in [-0.1, -0.05) is 18.9 Å². The Bertz CT molecular complexity index is 554. The Morgan fingerprint density at radius 2 is 1.90 bits per heavy atom. The van der Waals surface area contributed by atoms with Crippen LogP contribution in [0, 0.1) is 11.6 Å². The van der Waals surface area contributed by atoms with E-state index >= 15 is 0 Å². The molecule has 1 saturated carbocycles. The summed E-state index contributed by atoms with van der Waals surface area (Å²) in [4.78, 5) is 22.9. The maximum atomic E-state index is 14.0. The van der Waals surface area contributed by atoms with Crippen LogP contribution in [-0.4, -0.2) is 23.5 Å². The third kappa shape index (κ3) is 3.20. The molecule has 0 spiro atoms. The van der Waals surface area contributed by atoms with Crippen LogP contribution in [0.3, 0.4) is 0 Å². The Morgan fingerprint density at radius 3 is 2.48 bits per heavy atom. The van der Waals surface area contributed by atoms with E-state index in [1.807, 2.05) is 0 Å². The van der Waals surface area contributed by atoms with Crippen LogP contribution in [-0.2, 0) is 15.0 Å². The van der Waals surface area contributed by atoms with E-state index in [1.54, 1.807) is 0 Å². The van der Waals surface area contributed by atoms with Crippen molar-refractivity contribution in [3.05, 3.63) is 35.4 Å². The average molecular weight is 297 g/mol. The molecule has 1 amide bonds. The number of halogens is 2.